The van der Waals surface area contributed by atoms with Gasteiger partial charge in [-0.2, -0.15) is 0 Å². The van der Waals surface area contributed by atoms with Crippen LogP contribution in [0.5, 0.6) is 5.75 Å². The number of aryl methyl sites for hydroxylation is 1. The Morgan fingerprint density at radius 1 is 1.09 bits per heavy atom. The molecule has 0 aliphatic carbocycles. The van der Waals surface area contributed by atoms with Gasteiger partial charge in [-0.15, -0.1) is 0 Å². The third-order valence-electron chi connectivity index (χ3n) is 3.15. The Morgan fingerprint density at radius 2 is 1.77 bits per heavy atom. The van der Waals surface area contributed by atoms with Gasteiger partial charge in [0, 0.05) is 17.2 Å². The van der Waals surface area contributed by atoms with Crippen molar-refractivity contribution in [3.8, 4) is 5.75 Å². The molecule has 0 unspecified atom stereocenters. The maximum atomic E-state index is 11.9. The summed E-state index contributed by atoms with van der Waals surface area (Å²) in [6.07, 6.45) is 2.79. The Morgan fingerprint density at radius 3 is 2.45 bits per heavy atom. The van der Waals surface area contributed by atoms with Gasteiger partial charge in [-0.3, -0.25) is 9.59 Å². The molecule has 0 bridgehead atoms. The van der Waals surface area contributed by atoms with E-state index in [1.807, 2.05) is 19.1 Å². The third kappa shape index (κ3) is 4.31. The van der Waals surface area contributed by atoms with Crippen molar-refractivity contribution in [2.24, 2.45) is 0 Å². The van der Waals surface area contributed by atoms with Gasteiger partial charge in [0.05, 0.1) is 6.54 Å². The second-order valence-corrected chi connectivity index (χ2v) is 4.90. The van der Waals surface area contributed by atoms with Gasteiger partial charge < -0.3 is 10.4 Å². The lowest BCUT2D eigenvalue weighted by Gasteiger charge is -2.03. The molecule has 0 spiro atoms. The van der Waals surface area contributed by atoms with Crippen LogP contribution in [0, 0.1) is 6.92 Å². The summed E-state index contributed by atoms with van der Waals surface area (Å²) in [5.41, 5.74) is 2.18. The molecule has 112 valence electrons. The fraction of sp³-hybridized carbons (Fsp3) is 0.111. The summed E-state index contributed by atoms with van der Waals surface area (Å²) < 4.78 is 0. The van der Waals surface area contributed by atoms with Crippen molar-refractivity contribution in [2.75, 3.05) is 6.54 Å². The number of phenolic OH excluding ortho intramolecular Hbond substituents is 1. The fourth-order valence-electron chi connectivity index (χ4n) is 1.86. The number of carbonyl (C=O) groups excluding carboxylic acids is 2. The molecule has 0 heterocycles. The molecule has 0 atom stereocenters. The number of aromatic hydroxyl groups is 1. The highest BCUT2D eigenvalue weighted by Gasteiger charge is 2.06. The standard InChI is InChI=1S/C18H17NO3/c1-13-6-8-15(9-7-13)17(21)12-19-18(22)11-10-14-4-2-3-5-16(14)20/h2-11,20H,12H2,1H3,(H,19,22)/b11-10+. The number of nitrogens with one attached hydrogen (secondary N) is 1. The lowest BCUT2D eigenvalue weighted by molar-refractivity contribution is -0.116. The molecule has 2 aromatic rings. The number of para-hydroxylation sites is 1. The van der Waals surface area contributed by atoms with Gasteiger partial charge in [-0.1, -0.05) is 48.0 Å². The predicted octanol–water partition coefficient (Wildman–Crippen LogP) is 2.71. The molecule has 1 amide bonds. The lowest BCUT2D eigenvalue weighted by Crippen LogP contribution is -2.27. The molecule has 4 heteroatoms. The Bertz CT molecular complexity index is 703. The van der Waals surface area contributed by atoms with E-state index in [4.69, 9.17) is 0 Å². The van der Waals surface area contributed by atoms with E-state index >= 15 is 0 Å². The molecule has 0 saturated carbocycles. The van der Waals surface area contributed by atoms with E-state index in [0.717, 1.165) is 5.56 Å². The summed E-state index contributed by atoms with van der Waals surface area (Å²) in [5.74, 6) is -0.435. The van der Waals surface area contributed by atoms with Gasteiger partial charge in [-0.05, 0) is 19.1 Å². The van der Waals surface area contributed by atoms with E-state index in [1.165, 1.54) is 12.2 Å². The van der Waals surface area contributed by atoms with Gasteiger partial charge in [0.1, 0.15) is 5.75 Å². The van der Waals surface area contributed by atoms with Crippen LogP contribution in [0.3, 0.4) is 0 Å². The fourth-order valence-corrected chi connectivity index (χ4v) is 1.86. The molecule has 0 saturated heterocycles. The van der Waals surface area contributed by atoms with Crippen molar-refractivity contribution < 1.29 is 14.7 Å². The zero-order chi connectivity index (χ0) is 15.9. The number of amides is 1. The first kappa shape index (κ1) is 15.5. The van der Waals surface area contributed by atoms with E-state index < -0.39 is 0 Å². The molecule has 0 aliphatic rings. The number of phenols is 1. The number of hydrogen-bond donors (Lipinski definition) is 2. The van der Waals surface area contributed by atoms with E-state index in [9.17, 15) is 14.7 Å². The van der Waals surface area contributed by atoms with Crippen molar-refractivity contribution in [1.29, 1.82) is 0 Å². The maximum Gasteiger partial charge on any atom is 0.244 e. The predicted molar refractivity (Wildman–Crippen MR) is 85.7 cm³/mol. The summed E-state index contributed by atoms with van der Waals surface area (Å²) in [7, 11) is 0. The van der Waals surface area contributed by atoms with Gasteiger partial charge >= 0.3 is 0 Å². The van der Waals surface area contributed by atoms with Gasteiger partial charge in [-0.25, -0.2) is 0 Å². The van der Waals surface area contributed by atoms with Crippen molar-refractivity contribution in [3.63, 3.8) is 0 Å². The second-order valence-electron chi connectivity index (χ2n) is 4.90. The lowest BCUT2D eigenvalue weighted by atomic mass is 10.1. The molecule has 2 rings (SSSR count). The van der Waals surface area contributed by atoms with Gasteiger partial charge in [0.15, 0.2) is 5.78 Å². The highest BCUT2D eigenvalue weighted by atomic mass is 16.3. The largest absolute Gasteiger partial charge is 0.507 e. The van der Waals surface area contributed by atoms with Crippen molar-refractivity contribution in [1.82, 2.24) is 5.32 Å². The molecular weight excluding hydrogens is 278 g/mol. The number of hydrogen-bond acceptors (Lipinski definition) is 3. The Kier molecular flexibility index (Phi) is 5.09. The van der Waals surface area contributed by atoms with Crippen molar-refractivity contribution >= 4 is 17.8 Å². The van der Waals surface area contributed by atoms with Crippen LogP contribution in [0.2, 0.25) is 0 Å². The number of benzene rings is 2. The van der Waals surface area contributed by atoms with Crippen LogP contribution in [0.4, 0.5) is 0 Å². The minimum atomic E-state index is -0.385. The summed E-state index contributed by atoms with van der Waals surface area (Å²) in [6, 6.07) is 13.9. The van der Waals surface area contributed by atoms with Crippen LogP contribution in [0.15, 0.2) is 54.6 Å². The first-order valence-electron chi connectivity index (χ1n) is 6.90. The minimum absolute atomic E-state index is 0.0625. The summed E-state index contributed by atoms with van der Waals surface area (Å²) in [5, 5.41) is 12.1. The molecule has 0 fully saturated rings. The van der Waals surface area contributed by atoms with E-state index in [-0.39, 0.29) is 24.0 Å². The first-order valence-corrected chi connectivity index (χ1v) is 6.90. The van der Waals surface area contributed by atoms with Crippen LogP contribution >= 0.6 is 0 Å². The molecular formula is C18H17NO3. The molecule has 0 aliphatic heterocycles. The SMILES string of the molecule is Cc1ccc(C(=O)CNC(=O)/C=C/c2ccccc2O)cc1. The zero-order valence-corrected chi connectivity index (χ0v) is 12.2. The Hall–Kier alpha value is -2.88. The number of ketones is 1. The van der Waals surface area contributed by atoms with E-state index in [0.29, 0.717) is 11.1 Å². The molecule has 0 aromatic heterocycles. The second kappa shape index (κ2) is 7.22. The van der Waals surface area contributed by atoms with E-state index in [1.54, 1.807) is 36.4 Å². The topological polar surface area (TPSA) is 66.4 Å². The van der Waals surface area contributed by atoms with Crippen LogP contribution in [-0.2, 0) is 4.79 Å². The van der Waals surface area contributed by atoms with Crippen LogP contribution in [0.25, 0.3) is 6.08 Å². The summed E-state index contributed by atoms with van der Waals surface area (Å²) in [4.78, 5) is 23.6. The Balaban J connectivity index is 1.89. The average molecular weight is 295 g/mol. The van der Waals surface area contributed by atoms with Gasteiger partial charge in [0.2, 0.25) is 5.91 Å². The molecule has 2 N–H and O–H groups in total. The minimum Gasteiger partial charge on any atom is -0.507 e. The van der Waals surface area contributed by atoms with Crippen molar-refractivity contribution in [3.05, 3.63) is 71.3 Å². The first-order chi connectivity index (χ1) is 10.6. The van der Waals surface area contributed by atoms with Crippen LogP contribution < -0.4 is 5.32 Å². The average Bonchev–Trinajstić information content (AvgIpc) is 2.52. The van der Waals surface area contributed by atoms with Gasteiger partial charge in [0.25, 0.3) is 0 Å². The maximum absolute atomic E-state index is 11.9. The van der Waals surface area contributed by atoms with Crippen LogP contribution in [-0.4, -0.2) is 23.3 Å². The summed E-state index contributed by atoms with van der Waals surface area (Å²) >= 11 is 0. The number of Topliss-reactive ketones (excluding diaryl/α,β-unsaturated/α-hetero) is 1. The highest BCUT2D eigenvalue weighted by molar-refractivity contribution is 6.01. The Labute approximate surface area is 129 Å². The molecule has 4 nitrogen and oxygen atoms in total. The van der Waals surface area contributed by atoms with E-state index in [2.05, 4.69) is 5.32 Å². The van der Waals surface area contributed by atoms with Crippen LogP contribution in [0.1, 0.15) is 21.5 Å². The molecule has 22 heavy (non-hydrogen) atoms. The third-order valence-corrected chi connectivity index (χ3v) is 3.15. The number of rotatable bonds is 5. The monoisotopic (exact) mass is 295 g/mol. The smallest absolute Gasteiger partial charge is 0.244 e. The number of carbonyl (C=O) groups is 2. The molecule has 0 radical (unpaired) electrons. The van der Waals surface area contributed by atoms with Crippen molar-refractivity contribution in [2.45, 2.75) is 6.92 Å². The highest BCUT2D eigenvalue weighted by Crippen LogP contribution is 2.16. The normalized spacial score (nSPS) is 10.6. The summed E-state index contributed by atoms with van der Waals surface area (Å²) in [6.45, 7) is 1.88. The quantitative estimate of drug-likeness (QED) is 0.658. The zero-order valence-electron chi connectivity index (χ0n) is 12.2. The molecule has 2 aromatic carbocycles.